The van der Waals surface area contributed by atoms with Crippen LogP contribution in [0, 0.1) is 24.7 Å². The van der Waals surface area contributed by atoms with Gasteiger partial charge in [0.1, 0.15) is 24.4 Å². The second kappa shape index (κ2) is 19.9. The monoisotopic (exact) mass is 888 g/mol. The van der Waals surface area contributed by atoms with Crippen molar-refractivity contribution in [3.63, 3.8) is 0 Å². The molecular weight excluding hydrogens is 833 g/mol. The maximum Gasteiger partial charge on any atom is 0.412 e. The summed E-state index contributed by atoms with van der Waals surface area (Å²) in [4.78, 5) is 39.4. The zero-order valence-electron chi connectivity index (χ0n) is 34.7. The van der Waals surface area contributed by atoms with Crippen LogP contribution in [0.1, 0.15) is 86.1 Å². The molecule has 8 rings (SSSR count). The molecule has 18 heteroatoms. The molecule has 334 valence electrons. The molecule has 0 radical (unpaired) electrons. The minimum atomic E-state index is -1.46. The van der Waals surface area contributed by atoms with Crippen molar-refractivity contribution in [2.45, 2.75) is 108 Å². The van der Waals surface area contributed by atoms with Crippen molar-refractivity contribution in [3.8, 4) is 23.0 Å². The van der Waals surface area contributed by atoms with Gasteiger partial charge in [-0.25, -0.2) is 4.79 Å². The number of nitrogens with one attached hydrogen (secondary N) is 2. The highest BCUT2D eigenvalue weighted by molar-refractivity contribution is 8.76. The lowest BCUT2D eigenvalue weighted by molar-refractivity contribution is -0.364. The summed E-state index contributed by atoms with van der Waals surface area (Å²) < 4.78 is 52.9. The van der Waals surface area contributed by atoms with Gasteiger partial charge in [0.2, 0.25) is 12.7 Å². The number of benzene rings is 2. The van der Waals surface area contributed by atoms with E-state index in [0.717, 1.165) is 31.4 Å². The third-order valence-electron chi connectivity index (χ3n) is 12.4. The van der Waals surface area contributed by atoms with Crippen LogP contribution in [0.25, 0.3) is 0 Å². The number of aryl methyl sites for hydroxylation is 1. The second-order valence-corrected chi connectivity index (χ2v) is 19.1. The standard InChI is InChI=1S/C43H56N2O14S2/c1-22-15-25(16-31(51-3)37(22)59-43(50)45-12-14-61-60-13-11-44-40(48)24-9-7-5-4-6-8-10-24)33-26-17-29-30(55-21-54-29)18-27(26)38(28-19-53-41(49)34(28)33)58-42-36(47)35(46)39-32(57-42)20-52-23(2)56-39/h15-18,23-24,28,32-36,38-39,42,46-47H,4-14,19-21H2,1-3H3,(H,44,48)(H,45,50)/t23?,28-,32?,33+,34-,35?,36?,38+,39?,42?/m0/s1. The average molecular weight is 889 g/mol. The van der Waals surface area contributed by atoms with Crippen molar-refractivity contribution in [2.75, 3.05) is 51.7 Å². The molecule has 2 aromatic carbocycles. The minimum Gasteiger partial charge on any atom is -0.493 e. The Bertz CT molecular complexity index is 1900. The number of hydrogen-bond donors (Lipinski definition) is 4. The fourth-order valence-corrected chi connectivity index (χ4v) is 11.2. The number of methoxy groups -OCH3 is 1. The number of cyclic esters (lactones) is 1. The summed E-state index contributed by atoms with van der Waals surface area (Å²) in [5.74, 6) is 0.968. The molecule has 4 N–H and O–H groups in total. The summed E-state index contributed by atoms with van der Waals surface area (Å²) in [6, 6.07) is 7.28. The Morgan fingerprint density at radius 3 is 2.31 bits per heavy atom. The van der Waals surface area contributed by atoms with Crippen LogP contribution in [0.15, 0.2) is 24.3 Å². The highest BCUT2D eigenvalue weighted by Crippen LogP contribution is 2.56. The third kappa shape index (κ3) is 9.71. The molecular formula is C43H56N2O14S2. The Balaban J connectivity index is 0.925. The summed E-state index contributed by atoms with van der Waals surface area (Å²) in [7, 11) is 4.75. The van der Waals surface area contributed by atoms with Gasteiger partial charge in [0, 0.05) is 42.3 Å². The number of rotatable bonds is 13. The normalized spacial score (nSPS) is 30.8. The van der Waals surface area contributed by atoms with Gasteiger partial charge in [0.05, 0.1) is 32.3 Å². The topological polar surface area (TPSA) is 199 Å². The van der Waals surface area contributed by atoms with E-state index in [0.29, 0.717) is 58.3 Å². The number of ether oxygens (including phenoxy) is 9. The second-order valence-electron chi connectivity index (χ2n) is 16.4. The summed E-state index contributed by atoms with van der Waals surface area (Å²) >= 11 is 0. The molecule has 4 heterocycles. The molecule has 16 nitrogen and oxygen atoms in total. The maximum atomic E-state index is 13.7. The fourth-order valence-electron chi connectivity index (χ4n) is 9.39. The number of esters is 1. The number of fused-ring (bicyclic) bond motifs is 4. The first-order valence-electron chi connectivity index (χ1n) is 21.3. The Morgan fingerprint density at radius 1 is 0.869 bits per heavy atom. The van der Waals surface area contributed by atoms with E-state index in [1.54, 1.807) is 41.5 Å². The van der Waals surface area contributed by atoms with Gasteiger partial charge in [0.25, 0.3) is 0 Å². The van der Waals surface area contributed by atoms with Crippen LogP contribution in [-0.4, -0.2) is 117 Å². The molecule has 2 amide bonds. The number of hydrogen-bond acceptors (Lipinski definition) is 16. The molecule has 2 aliphatic carbocycles. The zero-order valence-corrected chi connectivity index (χ0v) is 36.3. The van der Waals surface area contributed by atoms with Crippen LogP contribution in [0.3, 0.4) is 0 Å². The molecule has 6 aliphatic rings. The first-order chi connectivity index (χ1) is 29.6. The predicted octanol–water partition coefficient (Wildman–Crippen LogP) is 4.88. The van der Waals surface area contributed by atoms with E-state index in [9.17, 15) is 24.6 Å². The molecule has 0 aromatic heterocycles. The van der Waals surface area contributed by atoms with Gasteiger partial charge in [-0.05, 0) is 67.1 Å². The molecule has 0 spiro atoms. The average Bonchev–Trinajstić information content (AvgIpc) is 3.86. The number of carbonyl (C=O) groups is 3. The summed E-state index contributed by atoms with van der Waals surface area (Å²) in [6.45, 7) is 4.67. The quantitative estimate of drug-likeness (QED) is 0.121. The van der Waals surface area contributed by atoms with Crippen LogP contribution < -0.4 is 29.6 Å². The van der Waals surface area contributed by atoms with Gasteiger partial charge in [-0.3, -0.25) is 9.59 Å². The lowest BCUT2D eigenvalue weighted by atomic mass is 9.66. The Hall–Kier alpha value is -3.49. The summed E-state index contributed by atoms with van der Waals surface area (Å²) in [6.07, 6.45) is 0.328. The van der Waals surface area contributed by atoms with Gasteiger partial charge in [-0.1, -0.05) is 59.8 Å². The molecule has 4 aliphatic heterocycles. The Morgan fingerprint density at radius 2 is 1.57 bits per heavy atom. The SMILES string of the molecule is COc1cc([C@@H]2c3cc4c(cc3[C@@H](OC3OC5COC(C)OC5C(O)C3O)[C@H]3COC(=O)[C@H]23)OCO4)cc(C)c1OC(=O)NCCSSCCNC(=O)C1CCCCCCC1. The molecule has 4 fully saturated rings. The van der Waals surface area contributed by atoms with Gasteiger partial charge >= 0.3 is 12.1 Å². The van der Waals surface area contributed by atoms with E-state index in [1.165, 1.54) is 26.4 Å². The van der Waals surface area contributed by atoms with Gasteiger partial charge < -0.3 is 63.5 Å². The van der Waals surface area contributed by atoms with E-state index < -0.39 is 72.9 Å². The molecule has 3 saturated heterocycles. The van der Waals surface area contributed by atoms with Crippen molar-refractivity contribution in [3.05, 3.63) is 46.5 Å². The molecule has 6 unspecified atom stereocenters. The molecule has 2 aromatic rings. The Kier molecular flexibility index (Phi) is 14.4. The summed E-state index contributed by atoms with van der Waals surface area (Å²) in [5.41, 5.74) is 2.69. The predicted molar refractivity (Wildman–Crippen MR) is 223 cm³/mol. The highest BCUT2D eigenvalue weighted by atomic mass is 33.1. The first kappa shape index (κ1) is 44.1. The van der Waals surface area contributed by atoms with Gasteiger partial charge in [0.15, 0.2) is 35.6 Å². The maximum absolute atomic E-state index is 13.7. The van der Waals surface area contributed by atoms with E-state index in [4.69, 9.17) is 42.6 Å². The van der Waals surface area contributed by atoms with Crippen LogP contribution in [-0.2, 0) is 33.3 Å². The lowest BCUT2D eigenvalue weighted by Gasteiger charge is -2.47. The van der Waals surface area contributed by atoms with Gasteiger partial charge in [-0.2, -0.15) is 0 Å². The van der Waals surface area contributed by atoms with E-state index in [2.05, 4.69) is 10.6 Å². The van der Waals surface area contributed by atoms with Gasteiger partial charge in [-0.15, -0.1) is 0 Å². The van der Waals surface area contributed by atoms with Crippen molar-refractivity contribution >= 4 is 39.6 Å². The van der Waals surface area contributed by atoms with Crippen molar-refractivity contribution in [2.24, 2.45) is 17.8 Å². The van der Waals surface area contributed by atoms with Crippen molar-refractivity contribution in [1.82, 2.24) is 10.6 Å². The van der Waals surface area contributed by atoms with Crippen LogP contribution in [0.4, 0.5) is 4.79 Å². The molecule has 0 bridgehead atoms. The number of aliphatic hydroxyl groups excluding tert-OH is 2. The molecule has 1 saturated carbocycles. The summed E-state index contributed by atoms with van der Waals surface area (Å²) in [5, 5.41) is 28.2. The zero-order chi connectivity index (χ0) is 42.6. The van der Waals surface area contributed by atoms with E-state index >= 15 is 0 Å². The van der Waals surface area contributed by atoms with Crippen LogP contribution in [0.2, 0.25) is 0 Å². The number of carbonyl (C=O) groups excluding carboxylic acids is 3. The smallest absolute Gasteiger partial charge is 0.412 e. The van der Waals surface area contributed by atoms with E-state index in [-0.39, 0.29) is 37.6 Å². The molecule has 61 heavy (non-hydrogen) atoms. The Labute approximate surface area is 363 Å². The largest absolute Gasteiger partial charge is 0.493 e. The minimum absolute atomic E-state index is 0.0139. The molecule has 10 atom stereocenters. The van der Waals surface area contributed by atoms with Crippen molar-refractivity contribution in [1.29, 1.82) is 0 Å². The lowest BCUT2D eigenvalue weighted by Crippen LogP contribution is -2.63. The highest BCUT2D eigenvalue weighted by Gasteiger charge is 2.56. The first-order valence-corrected chi connectivity index (χ1v) is 23.8. The number of amides is 2. The fraction of sp³-hybridized carbons (Fsp3) is 0.651. The van der Waals surface area contributed by atoms with Crippen molar-refractivity contribution < 1.29 is 67.2 Å². The third-order valence-corrected chi connectivity index (χ3v) is 14.8. The van der Waals surface area contributed by atoms with E-state index in [1.807, 2.05) is 18.2 Å². The van der Waals surface area contributed by atoms with Crippen LogP contribution >= 0.6 is 21.6 Å². The van der Waals surface area contributed by atoms with Crippen LogP contribution in [0.5, 0.6) is 23.0 Å². The number of aliphatic hydroxyl groups is 2.